The second-order valence-electron chi connectivity index (χ2n) is 5.31. The molecule has 2 aromatic heterocycles. The van der Waals surface area contributed by atoms with E-state index in [1.807, 2.05) is 13.8 Å². The molecule has 2 heterocycles. The fourth-order valence-corrected chi connectivity index (χ4v) is 2.44. The van der Waals surface area contributed by atoms with Gasteiger partial charge in [0.15, 0.2) is 5.65 Å². The smallest absolute Gasteiger partial charge is 0.348 e. The fraction of sp³-hybridized carbons (Fsp3) is 0.467. The Bertz CT molecular complexity index is 740. The summed E-state index contributed by atoms with van der Waals surface area (Å²) in [5.74, 6) is -0.459. The summed E-state index contributed by atoms with van der Waals surface area (Å²) >= 11 is 5.93. The molecule has 0 aliphatic carbocycles. The minimum Gasteiger partial charge on any atom is -0.348 e. The van der Waals surface area contributed by atoms with Gasteiger partial charge >= 0.3 is 6.18 Å². The first-order valence-corrected chi connectivity index (χ1v) is 7.65. The number of alkyl halides is 3. The van der Waals surface area contributed by atoms with Crippen molar-refractivity contribution in [2.24, 2.45) is 0 Å². The minimum absolute atomic E-state index is 0.0933. The molecule has 126 valence electrons. The molecule has 8 heteroatoms. The Morgan fingerprint density at radius 2 is 2.09 bits per heavy atom. The number of pyridine rings is 1. The highest BCUT2D eigenvalue weighted by molar-refractivity contribution is 6.33. The number of halogens is 4. The molecular weight excluding hydrogens is 331 g/mol. The van der Waals surface area contributed by atoms with Crippen molar-refractivity contribution in [3.63, 3.8) is 0 Å². The molecule has 0 saturated heterocycles. The van der Waals surface area contributed by atoms with E-state index in [9.17, 15) is 18.0 Å². The Morgan fingerprint density at radius 1 is 1.43 bits per heavy atom. The zero-order chi connectivity index (χ0) is 17.4. The van der Waals surface area contributed by atoms with Crippen molar-refractivity contribution in [3.05, 3.63) is 34.2 Å². The minimum atomic E-state index is -4.56. The van der Waals surface area contributed by atoms with Crippen LogP contribution in [-0.2, 0) is 12.6 Å². The quantitative estimate of drug-likeness (QED) is 0.905. The van der Waals surface area contributed by atoms with E-state index in [0.29, 0.717) is 18.5 Å². The summed E-state index contributed by atoms with van der Waals surface area (Å²) in [6.07, 6.45) is -2.58. The van der Waals surface area contributed by atoms with Crippen LogP contribution in [0.1, 0.15) is 48.9 Å². The lowest BCUT2D eigenvalue weighted by Gasteiger charge is -2.13. The number of hydrogen-bond donors (Lipinski definition) is 1. The fourth-order valence-electron chi connectivity index (χ4n) is 2.19. The van der Waals surface area contributed by atoms with Crippen LogP contribution in [0.4, 0.5) is 13.2 Å². The zero-order valence-corrected chi connectivity index (χ0v) is 13.7. The second-order valence-corrected chi connectivity index (χ2v) is 5.72. The Labute approximate surface area is 136 Å². The van der Waals surface area contributed by atoms with Gasteiger partial charge in [0, 0.05) is 12.2 Å². The van der Waals surface area contributed by atoms with Gasteiger partial charge < -0.3 is 5.32 Å². The molecular formula is C15H17ClF3N3O. The molecule has 4 nitrogen and oxygen atoms in total. The number of amides is 1. The first-order valence-electron chi connectivity index (χ1n) is 7.27. The third kappa shape index (κ3) is 3.44. The number of nitrogens with one attached hydrogen (secondary N) is 1. The van der Waals surface area contributed by atoms with E-state index >= 15 is 0 Å². The first-order chi connectivity index (χ1) is 10.7. The van der Waals surface area contributed by atoms with Crippen LogP contribution in [-0.4, -0.2) is 21.3 Å². The Balaban J connectivity index is 2.66. The highest BCUT2D eigenvalue weighted by Crippen LogP contribution is 2.33. The molecule has 0 aromatic carbocycles. The van der Waals surface area contributed by atoms with Crippen molar-refractivity contribution in [1.82, 2.24) is 14.7 Å². The van der Waals surface area contributed by atoms with Crippen molar-refractivity contribution in [1.29, 1.82) is 0 Å². The Hall–Kier alpha value is -1.76. The van der Waals surface area contributed by atoms with Gasteiger partial charge in [-0.15, -0.1) is 0 Å². The SMILES string of the molecule is CCc1nc2c(Cl)cc(C(F)(F)F)cn2c1C(=O)NC(C)CC. The second kappa shape index (κ2) is 6.39. The van der Waals surface area contributed by atoms with E-state index in [2.05, 4.69) is 10.3 Å². The lowest BCUT2D eigenvalue weighted by Crippen LogP contribution is -2.33. The summed E-state index contributed by atoms with van der Waals surface area (Å²) in [5.41, 5.74) is -0.277. The number of carbonyl (C=O) groups is 1. The first kappa shape index (κ1) is 17.6. The maximum atomic E-state index is 13.0. The lowest BCUT2D eigenvalue weighted by molar-refractivity contribution is -0.137. The topological polar surface area (TPSA) is 46.4 Å². The van der Waals surface area contributed by atoms with Gasteiger partial charge in [-0.1, -0.05) is 25.4 Å². The molecule has 1 N–H and O–H groups in total. The van der Waals surface area contributed by atoms with Gasteiger partial charge in [-0.3, -0.25) is 9.20 Å². The summed E-state index contributed by atoms with van der Waals surface area (Å²) in [5, 5.41) is 2.61. The van der Waals surface area contributed by atoms with Crippen molar-refractivity contribution < 1.29 is 18.0 Å². The van der Waals surface area contributed by atoms with Gasteiger partial charge in [-0.2, -0.15) is 13.2 Å². The van der Waals surface area contributed by atoms with Crippen molar-refractivity contribution in [2.75, 3.05) is 0 Å². The van der Waals surface area contributed by atoms with Crippen molar-refractivity contribution >= 4 is 23.2 Å². The van der Waals surface area contributed by atoms with Gasteiger partial charge in [0.05, 0.1) is 16.3 Å². The number of aromatic nitrogens is 2. The number of hydrogen-bond acceptors (Lipinski definition) is 2. The van der Waals surface area contributed by atoms with Crippen LogP contribution in [0, 0.1) is 0 Å². The summed E-state index contributed by atoms with van der Waals surface area (Å²) in [7, 11) is 0. The van der Waals surface area contributed by atoms with Gasteiger partial charge in [-0.05, 0) is 25.8 Å². The average Bonchev–Trinajstić information content (AvgIpc) is 2.85. The molecule has 1 amide bonds. The van der Waals surface area contributed by atoms with Gasteiger partial charge in [-0.25, -0.2) is 4.98 Å². The molecule has 0 aliphatic heterocycles. The lowest BCUT2D eigenvalue weighted by atomic mass is 10.2. The van der Waals surface area contributed by atoms with Crippen LogP contribution >= 0.6 is 11.6 Å². The molecule has 0 bridgehead atoms. The molecule has 0 aliphatic rings. The van der Waals surface area contributed by atoms with Crippen LogP contribution in [0.25, 0.3) is 5.65 Å². The van der Waals surface area contributed by atoms with Crippen LogP contribution in [0.15, 0.2) is 12.3 Å². The largest absolute Gasteiger partial charge is 0.417 e. The maximum absolute atomic E-state index is 13.0. The van der Waals surface area contributed by atoms with E-state index in [4.69, 9.17) is 11.6 Å². The molecule has 0 spiro atoms. The summed E-state index contributed by atoms with van der Waals surface area (Å²) in [4.78, 5) is 16.7. The van der Waals surface area contributed by atoms with Crippen LogP contribution in [0.2, 0.25) is 5.02 Å². The highest BCUT2D eigenvalue weighted by atomic mass is 35.5. The predicted molar refractivity (Wildman–Crippen MR) is 81.8 cm³/mol. The number of fused-ring (bicyclic) bond motifs is 1. The third-order valence-corrected chi connectivity index (χ3v) is 3.89. The van der Waals surface area contributed by atoms with E-state index < -0.39 is 17.6 Å². The third-order valence-electron chi connectivity index (χ3n) is 3.61. The van der Waals surface area contributed by atoms with E-state index in [1.165, 1.54) is 0 Å². The molecule has 2 rings (SSSR count). The van der Waals surface area contributed by atoms with E-state index in [0.717, 1.165) is 16.7 Å². The zero-order valence-electron chi connectivity index (χ0n) is 13.0. The summed E-state index contributed by atoms with van der Waals surface area (Å²) < 4.78 is 40.1. The van der Waals surface area contributed by atoms with Gasteiger partial charge in [0.2, 0.25) is 0 Å². The van der Waals surface area contributed by atoms with Crippen LogP contribution < -0.4 is 5.32 Å². The number of aryl methyl sites for hydroxylation is 1. The molecule has 23 heavy (non-hydrogen) atoms. The number of nitrogens with zero attached hydrogens (tertiary/aromatic N) is 2. The van der Waals surface area contributed by atoms with Gasteiger partial charge in [0.1, 0.15) is 5.69 Å². The molecule has 2 aromatic rings. The normalized spacial score (nSPS) is 13.3. The summed E-state index contributed by atoms with van der Waals surface area (Å²) in [6, 6.07) is 0.721. The van der Waals surface area contributed by atoms with Crippen LogP contribution in [0.5, 0.6) is 0 Å². The molecule has 1 unspecified atom stereocenters. The maximum Gasteiger partial charge on any atom is 0.417 e. The standard InChI is InChI=1S/C15H17ClF3N3O/c1-4-8(3)20-14(23)12-11(5-2)21-13-10(16)6-9(7-22(12)13)15(17,18)19/h6-8H,4-5H2,1-3H3,(H,20,23). The van der Waals surface area contributed by atoms with Crippen molar-refractivity contribution in [2.45, 2.75) is 45.8 Å². The van der Waals surface area contributed by atoms with Gasteiger partial charge in [0.25, 0.3) is 5.91 Å². The monoisotopic (exact) mass is 347 g/mol. The number of carbonyl (C=O) groups excluding carboxylic acids is 1. The molecule has 0 fully saturated rings. The van der Waals surface area contributed by atoms with E-state index in [1.54, 1.807) is 6.92 Å². The summed E-state index contributed by atoms with van der Waals surface area (Å²) in [6.45, 7) is 5.50. The average molecular weight is 348 g/mol. The Morgan fingerprint density at radius 3 is 2.61 bits per heavy atom. The predicted octanol–water partition coefficient (Wildman–Crippen LogP) is 4.10. The molecule has 0 radical (unpaired) electrons. The van der Waals surface area contributed by atoms with Crippen LogP contribution in [0.3, 0.4) is 0 Å². The number of imidazole rings is 1. The number of rotatable bonds is 4. The molecule has 1 atom stereocenters. The Kier molecular flexibility index (Phi) is 4.89. The highest BCUT2D eigenvalue weighted by Gasteiger charge is 2.33. The van der Waals surface area contributed by atoms with Crippen molar-refractivity contribution in [3.8, 4) is 0 Å². The molecule has 0 saturated carbocycles. The van der Waals surface area contributed by atoms with E-state index in [-0.39, 0.29) is 22.4 Å².